The van der Waals surface area contributed by atoms with Crippen LogP contribution in [0, 0.1) is 0 Å². The molecule has 11 heteroatoms. The summed E-state index contributed by atoms with van der Waals surface area (Å²) in [4.78, 5) is 30.1. The highest BCUT2D eigenvalue weighted by atomic mass is 19.1. The standard InChI is InChI=1S/C21H24FN7O3/c1-23-18-9-17(25-13-4-3-7-28(21(13)31)15-5-6-16(15)32-2)27-19-11(10-24-29(18)19)20(30)26-14-8-12(14)22/h3-4,7,9-10,12,14-16,23H,5-6,8H2,1-2H3,(H,25,27)(H,26,30)/t12-,14+,15-,16?/m0/s1. The number of hydrogen-bond donors (Lipinski definition) is 3. The predicted octanol–water partition coefficient (Wildman–Crippen LogP) is 1.87. The number of fused-ring (bicyclic) bond motifs is 1. The molecule has 5 rings (SSSR count). The first-order chi connectivity index (χ1) is 15.5. The fraction of sp³-hybridized carbons (Fsp3) is 0.429. The van der Waals surface area contributed by atoms with Gasteiger partial charge in [-0.3, -0.25) is 9.59 Å². The van der Waals surface area contributed by atoms with Crippen molar-refractivity contribution in [2.75, 3.05) is 24.8 Å². The molecule has 3 heterocycles. The van der Waals surface area contributed by atoms with Gasteiger partial charge in [0.15, 0.2) is 5.65 Å². The molecule has 3 aromatic rings. The minimum absolute atomic E-state index is 0.00411. The molecular formula is C21H24FN7O3. The molecule has 0 bridgehead atoms. The number of pyridine rings is 1. The lowest BCUT2D eigenvalue weighted by Crippen LogP contribution is -2.40. The first-order valence-corrected chi connectivity index (χ1v) is 10.5. The summed E-state index contributed by atoms with van der Waals surface area (Å²) in [6, 6.07) is 4.71. The van der Waals surface area contributed by atoms with Crippen molar-refractivity contribution in [1.82, 2.24) is 24.5 Å². The molecule has 2 aliphatic rings. The Kier molecular flexibility index (Phi) is 5.04. The number of hydrogen-bond acceptors (Lipinski definition) is 7. The second kappa shape index (κ2) is 7.90. The van der Waals surface area contributed by atoms with Crippen molar-refractivity contribution in [1.29, 1.82) is 0 Å². The molecule has 1 amide bonds. The van der Waals surface area contributed by atoms with Crippen LogP contribution in [0.2, 0.25) is 0 Å². The minimum Gasteiger partial charge on any atom is -0.379 e. The lowest BCUT2D eigenvalue weighted by molar-refractivity contribution is -0.0103. The Bertz CT molecular complexity index is 1240. The quantitative estimate of drug-likeness (QED) is 0.513. The van der Waals surface area contributed by atoms with Crippen molar-refractivity contribution >= 4 is 28.9 Å². The van der Waals surface area contributed by atoms with Crippen molar-refractivity contribution in [3.05, 3.63) is 46.5 Å². The Balaban J connectivity index is 1.47. The smallest absolute Gasteiger partial charge is 0.274 e. The number of carbonyl (C=O) groups is 1. The molecule has 10 nitrogen and oxygen atoms in total. The van der Waals surface area contributed by atoms with Gasteiger partial charge in [0.05, 0.1) is 24.4 Å². The molecule has 3 N–H and O–H groups in total. The first kappa shape index (κ1) is 20.4. The van der Waals surface area contributed by atoms with Gasteiger partial charge in [0.2, 0.25) is 0 Å². The van der Waals surface area contributed by atoms with Crippen LogP contribution in [0.1, 0.15) is 35.7 Å². The number of carbonyl (C=O) groups excluding carboxylic acids is 1. The van der Waals surface area contributed by atoms with Crippen LogP contribution in [0.15, 0.2) is 35.4 Å². The summed E-state index contributed by atoms with van der Waals surface area (Å²) in [5, 5.41) is 13.0. The highest BCUT2D eigenvalue weighted by Crippen LogP contribution is 2.33. The molecule has 0 radical (unpaired) electrons. The third kappa shape index (κ3) is 3.48. The van der Waals surface area contributed by atoms with Gasteiger partial charge in [-0.1, -0.05) is 0 Å². The second-order valence-electron chi connectivity index (χ2n) is 8.08. The van der Waals surface area contributed by atoms with Gasteiger partial charge in [-0.2, -0.15) is 9.61 Å². The maximum absolute atomic E-state index is 13.2. The van der Waals surface area contributed by atoms with Crippen LogP contribution in [0.5, 0.6) is 0 Å². The number of halogens is 1. The molecule has 2 fully saturated rings. The first-order valence-electron chi connectivity index (χ1n) is 10.5. The van der Waals surface area contributed by atoms with Crippen molar-refractivity contribution in [3.8, 4) is 0 Å². The largest absolute Gasteiger partial charge is 0.379 e. The summed E-state index contributed by atoms with van der Waals surface area (Å²) in [5.41, 5.74) is 0.702. The molecule has 0 spiro atoms. The maximum atomic E-state index is 13.2. The Labute approximate surface area is 182 Å². The summed E-state index contributed by atoms with van der Waals surface area (Å²) in [6.07, 6.45) is 4.29. The van der Waals surface area contributed by atoms with E-state index in [0.717, 1.165) is 12.8 Å². The average molecular weight is 441 g/mol. The van der Waals surface area contributed by atoms with E-state index in [1.165, 1.54) is 10.7 Å². The number of methoxy groups -OCH3 is 1. The summed E-state index contributed by atoms with van der Waals surface area (Å²) < 4.78 is 21.8. The summed E-state index contributed by atoms with van der Waals surface area (Å²) in [5.74, 6) is 0.508. The van der Waals surface area contributed by atoms with Gasteiger partial charge in [0, 0.05) is 32.8 Å². The number of nitrogens with zero attached hydrogens (tertiary/aromatic N) is 4. The third-order valence-electron chi connectivity index (χ3n) is 6.08. The van der Waals surface area contributed by atoms with E-state index in [-0.39, 0.29) is 23.3 Å². The van der Waals surface area contributed by atoms with E-state index in [0.29, 0.717) is 29.4 Å². The topological polar surface area (TPSA) is 115 Å². The zero-order valence-electron chi connectivity index (χ0n) is 17.7. The number of nitrogens with one attached hydrogen (secondary N) is 3. The molecule has 168 valence electrons. The van der Waals surface area contributed by atoms with E-state index in [4.69, 9.17) is 4.74 Å². The van der Waals surface area contributed by atoms with Crippen LogP contribution in [-0.4, -0.2) is 57.5 Å². The molecule has 32 heavy (non-hydrogen) atoms. The Morgan fingerprint density at radius 1 is 1.34 bits per heavy atom. The summed E-state index contributed by atoms with van der Waals surface area (Å²) in [6.45, 7) is 0. The third-order valence-corrected chi connectivity index (χ3v) is 6.08. The molecule has 0 aromatic carbocycles. The second-order valence-corrected chi connectivity index (χ2v) is 8.08. The van der Waals surface area contributed by atoms with E-state index in [9.17, 15) is 14.0 Å². The van der Waals surface area contributed by atoms with Crippen molar-refractivity contribution < 1.29 is 13.9 Å². The zero-order valence-corrected chi connectivity index (χ0v) is 17.7. The average Bonchev–Trinajstić information content (AvgIpc) is 3.27. The van der Waals surface area contributed by atoms with Gasteiger partial charge in [-0.05, 0) is 25.0 Å². The normalized spacial score (nSPS) is 24.1. The van der Waals surface area contributed by atoms with Gasteiger partial charge in [-0.25, -0.2) is 9.37 Å². The van der Waals surface area contributed by atoms with Crippen molar-refractivity contribution in [3.63, 3.8) is 0 Å². The summed E-state index contributed by atoms with van der Waals surface area (Å²) >= 11 is 0. The molecule has 4 atom stereocenters. The fourth-order valence-electron chi connectivity index (χ4n) is 3.97. The number of anilines is 3. The molecule has 3 aromatic heterocycles. The van der Waals surface area contributed by atoms with E-state index in [1.807, 2.05) is 0 Å². The van der Waals surface area contributed by atoms with Crippen LogP contribution >= 0.6 is 0 Å². The zero-order chi connectivity index (χ0) is 22.4. The van der Waals surface area contributed by atoms with Gasteiger partial charge >= 0.3 is 0 Å². The van der Waals surface area contributed by atoms with E-state index >= 15 is 0 Å². The van der Waals surface area contributed by atoms with E-state index in [2.05, 4.69) is 26.0 Å². The maximum Gasteiger partial charge on any atom is 0.274 e. The Morgan fingerprint density at radius 3 is 2.81 bits per heavy atom. The number of aromatic nitrogens is 4. The lowest BCUT2D eigenvalue weighted by atomic mass is 9.88. The van der Waals surface area contributed by atoms with Crippen LogP contribution in [0.25, 0.3) is 5.65 Å². The van der Waals surface area contributed by atoms with Gasteiger partial charge in [0.25, 0.3) is 11.5 Å². The molecule has 1 unspecified atom stereocenters. The van der Waals surface area contributed by atoms with Crippen LogP contribution in [-0.2, 0) is 4.74 Å². The Hall–Kier alpha value is -3.47. The van der Waals surface area contributed by atoms with Crippen LogP contribution in [0.4, 0.5) is 21.7 Å². The molecule has 0 saturated heterocycles. The molecule has 2 aliphatic carbocycles. The van der Waals surface area contributed by atoms with Crippen molar-refractivity contribution in [2.45, 2.75) is 43.6 Å². The molecule has 0 aliphatic heterocycles. The SMILES string of the molecule is CNc1cc(Nc2cccn([C@H]3CCC3OC)c2=O)nc2c(C(=O)N[C@@H]3C[C@@H]3F)cnn12. The van der Waals surface area contributed by atoms with Crippen LogP contribution < -0.4 is 21.5 Å². The van der Waals surface area contributed by atoms with E-state index < -0.39 is 18.1 Å². The number of alkyl halides is 1. The molecular weight excluding hydrogens is 417 g/mol. The van der Waals surface area contributed by atoms with Crippen LogP contribution in [0.3, 0.4) is 0 Å². The number of ether oxygens (including phenoxy) is 1. The van der Waals surface area contributed by atoms with Gasteiger partial charge in [-0.15, -0.1) is 0 Å². The summed E-state index contributed by atoms with van der Waals surface area (Å²) in [7, 11) is 3.37. The Morgan fingerprint density at radius 2 is 2.16 bits per heavy atom. The number of rotatable bonds is 7. The van der Waals surface area contributed by atoms with Gasteiger partial charge < -0.3 is 25.3 Å². The van der Waals surface area contributed by atoms with E-state index in [1.54, 1.807) is 43.1 Å². The highest BCUT2D eigenvalue weighted by molar-refractivity contribution is 6.00. The lowest BCUT2D eigenvalue weighted by Gasteiger charge is -2.36. The highest BCUT2D eigenvalue weighted by Gasteiger charge is 2.39. The fourth-order valence-corrected chi connectivity index (χ4v) is 3.97. The molecule has 2 saturated carbocycles. The minimum atomic E-state index is -1.01. The van der Waals surface area contributed by atoms with Crippen molar-refractivity contribution in [2.24, 2.45) is 0 Å². The predicted molar refractivity (Wildman–Crippen MR) is 116 cm³/mol. The van der Waals surface area contributed by atoms with Gasteiger partial charge in [0.1, 0.15) is 29.1 Å². The number of amides is 1. The monoisotopic (exact) mass is 441 g/mol.